The lowest BCUT2D eigenvalue weighted by Crippen LogP contribution is -2.36. The highest BCUT2D eigenvalue weighted by Crippen LogP contribution is 2.37. The normalized spacial score (nSPS) is 17.2. The molecule has 0 fully saturated rings. The molecule has 0 spiro atoms. The summed E-state index contributed by atoms with van der Waals surface area (Å²) in [5.74, 6) is 0.775. The van der Waals surface area contributed by atoms with Crippen molar-refractivity contribution < 1.29 is 0 Å². The number of pyridine rings is 1. The lowest BCUT2D eigenvalue weighted by molar-refractivity contribution is 0.562. The van der Waals surface area contributed by atoms with Crippen LogP contribution in [0, 0.1) is 11.3 Å². The molecule has 1 unspecified atom stereocenters. The quantitative estimate of drug-likeness (QED) is 0.837. The molecule has 0 N–H and O–H groups in total. The zero-order valence-corrected chi connectivity index (χ0v) is 12.6. The first kappa shape index (κ1) is 13.9. The predicted molar refractivity (Wildman–Crippen MR) is 84.5 cm³/mol. The van der Waals surface area contributed by atoms with E-state index in [1.807, 2.05) is 0 Å². The van der Waals surface area contributed by atoms with Gasteiger partial charge in [-0.25, -0.2) is 4.98 Å². The molecule has 21 heavy (non-hydrogen) atoms. The maximum absolute atomic E-state index is 8.93. The standard InChI is InChI=1S/C17H16ClN3/c1-2-16-14-6-4-3-5-13(14)7-8-21(16)17-15(18)9-12(10-19)11-20-17/h3-6,9,11,16H,2,7-8H2,1H3. The Bertz CT molecular complexity index is 705. The van der Waals surface area contributed by atoms with Gasteiger partial charge < -0.3 is 4.90 Å². The van der Waals surface area contributed by atoms with E-state index in [-0.39, 0.29) is 6.04 Å². The molecule has 1 aliphatic rings. The number of nitrogens with zero attached hydrogens (tertiary/aromatic N) is 3. The van der Waals surface area contributed by atoms with E-state index >= 15 is 0 Å². The smallest absolute Gasteiger partial charge is 0.147 e. The average Bonchev–Trinajstić information content (AvgIpc) is 2.53. The van der Waals surface area contributed by atoms with Crippen LogP contribution in [-0.2, 0) is 6.42 Å². The highest BCUT2D eigenvalue weighted by Gasteiger charge is 2.28. The molecule has 2 heterocycles. The van der Waals surface area contributed by atoms with Gasteiger partial charge in [-0.15, -0.1) is 0 Å². The van der Waals surface area contributed by atoms with Gasteiger partial charge in [0.15, 0.2) is 0 Å². The molecule has 1 aliphatic heterocycles. The molecule has 0 bridgehead atoms. The highest BCUT2D eigenvalue weighted by molar-refractivity contribution is 6.33. The van der Waals surface area contributed by atoms with Crippen LogP contribution < -0.4 is 4.90 Å². The summed E-state index contributed by atoms with van der Waals surface area (Å²) in [7, 11) is 0. The third-order valence-corrected chi connectivity index (χ3v) is 4.30. The number of rotatable bonds is 2. The fourth-order valence-electron chi connectivity index (χ4n) is 3.05. The molecule has 3 rings (SSSR count). The maximum Gasteiger partial charge on any atom is 0.147 e. The average molecular weight is 298 g/mol. The maximum atomic E-state index is 8.93. The Balaban J connectivity index is 2.02. The topological polar surface area (TPSA) is 39.9 Å². The number of nitriles is 1. The number of hydrogen-bond acceptors (Lipinski definition) is 3. The number of anilines is 1. The van der Waals surface area contributed by atoms with Gasteiger partial charge in [-0.1, -0.05) is 42.8 Å². The van der Waals surface area contributed by atoms with E-state index in [0.717, 1.165) is 25.2 Å². The second kappa shape index (κ2) is 5.75. The molecule has 0 saturated heterocycles. The van der Waals surface area contributed by atoms with Crippen LogP contribution in [-0.4, -0.2) is 11.5 Å². The molecule has 1 atom stereocenters. The van der Waals surface area contributed by atoms with Crippen LogP contribution in [0.25, 0.3) is 0 Å². The van der Waals surface area contributed by atoms with Gasteiger partial charge in [-0.2, -0.15) is 5.26 Å². The Morgan fingerprint density at radius 1 is 1.43 bits per heavy atom. The summed E-state index contributed by atoms with van der Waals surface area (Å²) in [4.78, 5) is 6.67. The van der Waals surface area contributed by atoms with E-state index in [0.29, 0.717) is 10.6 Å². The van der Waals surface area contributed by atoms with E-state index in [2.05, 4.69) is 47.1 Å². The SMILES string of the molecule is CCC1c2ccccc2CCN1c1ncc(C#N)cc1Cl. The summed E-state index contributed by atoms with van der Waals surface area (Å²) >= 11 is 6.34. The Morgan fingerprint density at radius 2 is 2.24 bits per heavy atom. The van der Waals surface area contributed by atoms with Crippen molar-refractivity contribution in [1.29, 1.82) is 5.26 Å². The lowest BCUT2D eigenvalue weighted by atomic mass is 9.91. The van der Waals surface area contributed by atoms with Gasteiger partial charge in [0, 0.05) is 12.7 Å². The second-order valence-corrected chi connectivity index (χ2v) is 5.61. The minimum atomic E-state index is 0.285. The van der Waals surface area contributed by atoms with Crippen molar-refractivity contribution in [3.8, 4) is 6.07 Å². The third-order valence-electron chi connectivity index (χ3n) is 4.02. The van der Waals surface area contributed by atoms with Gasteiger partial charge in [0.2, 0.25) is 0 Å². The molecular formula is C17H16ClN3. The van der Waals surface area contributed by atoms with Crippen LogP contribution in [0.2, 0.25) is 5.02 Å². The van der Waals surface area contributed by atoms with Gasteiger partial charge in [0.1, 0.15) is 11.9 Å². The predicted octanol–water partition coefficient (Wildman–Crippen LogP) is 4.12. The zero-order valence-electron chi connectivity index (χ0n) is 11.9. The molecule has 0 amide bonds. The molecule has 3 nitrogen and oxygen atoms in total. The van der Waals surface area contributed by atoms with Gasteiger partial charge in [0.25, 0.3) is 0 Å². The van der Waals surface area contributed by atoms with Crippen LogP contribution in [0.3, 0.4) is 0 Å². The van der Waals surface area contributed by atoms with Crippen LogP contribution in [0.1, 0.15) is 36.1 Å². The van der Waals surface area contributed by atoms with E-state index in [1.165, 1.54) is 11.1 Å². The summed E-state index contributed by atoms with van der Waals surface area (Å²) in [5, 5.41) is 9.48. The molecule has 4 heteroatoms. The third kappa shape index (κ3) is 2.48. The zero-order chi connectivity index (χ0) is 14.8. The van der Waals surface area contributed by atoms with E-state index in [9.17, 15) is 0 Å². The lowest BCUT2D eigenvalue weighted by Gasteiger charge is -2.38. The Kier molecular flexibility index (Phi) is 3.81. The van der Waals surface area contributed by atoms with Crippen molar-refractivity contribution in [1.82, 2.24) is 4.98 Å². The first-order valence-electron chi connectivity index (χ1n) is 7.14. The molecule has 0 radical (unpaired) electrons. The molecular weight excluding hydrogens is 282 g/mol. The number of halogens is 1. The minimum absolute atomic E-state index is 0.285. The molecule has 1 aromatic heterocycles. The Morgan fingerprint density at radius 3 is 2.95 bits per heavy atom. The van der Waals surface area contributed by atoms with E-state index in [1.54, 1.807) is 12.3 Å². The first-order chi connectivity index (χ1) is 10.2. The van der Waals surface area contributed by atoms with Gasteiger partial charge >= 0.3 is 0 Å². The monoisotopic (exact) mass is 297 g/mol. The molecule has 1 aromatic carbocycles. The summed E-state index contributed by atoms with van der Waals surface area (Å²) in [6.45, 7) is 3.07. The van der Waals surface area contributed by atoms with Gasteiger partial charge in [0.05, 0.1) is 16.6 Å². The van der Waals surface area contributed by atoms with Gasteiger partial charge in [-0.05, 0) is 30.0 Å². The van der Waals surface area contributed by atoms with Crippen molar-refractivity contribution in [3.63, 3.8) is 0 Å². The fraction of sp³-hybridized carbons (Fsp3) is 0.294. The Hall–Kier alpha value is -2.05. The summed E-state index contributed by atoms with van der Waals surface area (Å²) in [6.07, 6.45) is 3.58. The summed E-state index contributed by atoms with van der Waals surface area (Å²) in [6, 6.07) is 12.6. The number of fused-ring (bicyclic) bond motifs is 1. The van der Waals surface area contributed by atoms with Crippen molar-refractivity contribution in [3.05, 3.63) is 58.2 Å². The van der Waals surface area contributed by atoms with Gasteiger partial charge in [-0.3, -0.25) is 0 Å². The van der Waals surface area contributed by atoms with Crippen molar-refractivity contribution in [2.75, 3.05) is 11.4 Å². The van der Waals surface area contributed by atoms with E-state index < -0.39 is 0 Å². The summed E-state index contributed by atoms with van der Waals surface area (Å²) in [5.41, 5.74) is 3.26. The van der Waals surface area contributed by atoms with Crippen molar-refractivity contribution in [2.45, 2.75) is 25.8 Å². The second-order valence-electron chi connectivity index (χ2n) is 5.21. The molecule has 106 valence electrons. The summed E-state index contributed by atoms with van der Waals surface area (Å²) < 4.78 is 0. The van der Waals surface area contributed by atoms with E-state index in [4.69, 9.17) is 16.9 Å². The number of hydrogen-bond donors (Lipinski definition) is 0. The van der Waals surface area contributed by atoms with Crippen LogP contribution in [0.4, 0.5) is 5.82 Å². The van der Waals surface area contributed by atoms with Crippen LogP contribution in [0.15, 0.2) is 36.5 Å². The number of benzene rings is 1. The van der Waals surface area contributed by atoms with Crippen molar-refractivity contribution in [2.24, 2.45) is 0 Å². The largest absolute Gasteiger partial charge is 0.348 e. The van der Waals surface area contributed by atoms with Crippen molar-refractivity contribution >= 4 is 17.4 Å². The molecule has 2 aromatic rings. The minimum Gasteiger partial charge on any atom is -0.348 e. The van der Waals surface area contributed by atoms with Crippen LogP contribution >= 0.6 is 11.6 Å². The van der Waals surface area contributed by atoms with Crippen LogP contribution in [0.5, 0.6) is 0 Å². The fourth-order valence-corrected chi connectivity index (χ4v) is 3.32. The molecule has 0 saturated carbocycles. The Labute approximate surface area is 129 Å². The highest BCUT2D eigenvalue weighted by atomic mass is 35.5. The molecule has 0 aliphatic carbocycles. The number of aromatic nitrogens is 1. The first-order valence-corrected chi connectivity index (χ1v) is 7.52.